The van der Waals surface area contributed by atoms with Crippen LogP contribution in [0.4, 0.5) is 11.4 Å². The molecule has 0 unspecified atom stereocenters. The summed E-state index contributed by atoms with van der Waals surface area (Å²) in [5, 5.41) is 5.74. The van der Waals surface area contributed by atoms with Crippen molar-refractivity contribution in [3.05, 3.63) is 53.0 Å². The van der Waals surface area contributed by atoms with Crippen molar-refractivity contribution in [3.8, 4) is 5.75 Å². The first-order chi connectivity index (χ1) is 14.5. The number of methoxy groups -OCH3 is 1. The van der Waals surface area contributed by atoms with Crippen molar-refractivity contribution < 1.29 is 23.9 Å². The Kier molecular flexibility index (Phi) is 5.29. The fourth-order valence-corrected chi connectivity index (χ4v) is 3.91. The molecule has 0 aliphatic carbocycles. The minimum absolute atomic E-state index is 0.0829. The zero-order valence-corrected chi connectivity index (χ0v) is 17.8. The Morgan fingerprint density at radius 2 is 1.80 bits per heavy atom. The summed E-state index contributed by atoms with van der Waals surface area (Å²) < 4.78 is 11.3. The van der Waals surface area contributed by atoms with Crippen molar-refractivity contribution >= 4 is 50.8 Å². The quantitative estimate of drug-likeness (QED) is 0.492. The Bertz CT molecular complexity index is 1050. The number of rotatable bonds is 5. The van der Waals surface area contributed by atoms with Crippen LogP contribution in [-0.2, 0) is 19.1 Å². The fraction of sp³-hybridized carbons (Fsp3) is 0.238. The van der Waals surface area contributed by atoms with Crippen LogP contribution in [0, 0.1) is 5.92 Å². The number of anilines is 2. The minimum atomic E-state index is -1.06. The molecule has 2 aliphatic heterocycles. The van der Waals surface area contributed by atoms with E-state index in [0.29, 0.717) is 17.1 Å². The van der Waals surface area contributed by atoms with Gasteiger partial charge in [0.25, 0.3) is 5.91 Å². The lowest BCUT2D eigenvalue weighted by Gasteiger charge is -2.22. The molecule has 2 amide bonds. The number of hydrazone groups is 1. The molecule has 2 heterocycles. The van der Waals surface area contributed by atoms with Gasteiger partial charge in [-0.1, -0.05) is 28.1 Å². The van der Waals surface area contributed by atoms with Crippen LogP contribution in [0.1, 0.15) is 6.92 Å². The lowest BCUT2D eigenvalue weighted by molar-refractivity contribution is -0.136. The molecule has 0 bridgehead atoms. The highest BCUT2D eigenvalue weighted by molar-refractivity contribution is 9.10. The Morgan fingerprint density at radius 1 is 1.10 bits per heavy atom. The average Bonchev–Trinajstić information content (AvgIpc) is 3.26. The summed E-state index contributed by atoms with van der Waals surface area (Å²) in [5.74, 6) is -2.43. The Morgan fingerprint density at radius 3 is 2.47 bits per heavy atom. The number of hydrogen-bond acceptors (Lipinski definition) is 7. The van der Waals surface area contributed by atoms with Crippen LogP contribution in [0.25, 0.3) is 0 Å². The summed E-state index contributed by atoms with van der Waals surface area (Å²) in [7, 11) is 1.46. The molecular weight excluding hydrogens is 454 g/mol. The van der Waals surface area contributed by atoms with Gasteiger partial charge in [0.2, 0.25) is 5.91 Å². The summed E-state index contributed by atoms with van der Waals surface area (Å²) in [6.45, 7) is 1.80. The van der Waals surface area contributed by atoms with Gasteiger partial charge in [0.15, 0.2) is 5.71 Å². The van der Waals surface area contributed by atoms with Crippen molar-refractivity contribution in [1.29, 1.82) is 0 Å². The molecule has 0 aromatic heterocycles. The average molecular weight is 472 g/mol. The van der Waals surface area contributed by atoms with Crippen LogP contribution in [0.3, 0.4) is 0 Å². The first-order valence-corrected chi connectivity index (χ1v) is 10.1. The van der Waals surface area contributed by atoms with Crippen molar-refractivity contribution in [2.24, 2.45) is 11.0 Å². The van der Waals surface area contributed by atoms with E-state index in [0.717, 1.165) is 9.37 Å². The molecule has 2 aromatic rings. The lowest BCUT2D eigenvalue weighted by Crippen LogP contribution is -2.39. The number of para-hydroxylation sites is 2. The van der Waals surface area contributed by atoms with Crippen LogP contribution < -0.4 is 14.6 Å². The summed E-state index contributed by atoms with van der Waals surface area (Å²) in [5.41, 5.74) is 0.819. The number of amides is 2. The van der Waals surface area contributed by atoms with E-state index in [9.17, 15) is 14.4 Å². The third-order valence-electron chi connectivity index (χ3n) is 4.95. The van der Waals surface area contributed by atoms with Crippen LogP contribution in [0.5, 0.6) is 5.75 Å². The highest BCUT2D eigenvalue weighted by Gasteiger charge is 2.59. The van der Waals surface area contributed by atoms with Gasteiger partial charge in [-0.2, -0.15) is 5.10 Å². The van der Waals surface area contributed by atoms with Crippen LogP contribution >= 0.6 is 15.9 Å². The van der Waals surface area contributed by atoms with Crippen LogP contribution in [0.15, 0.2) is 58.1 Å². The lowest BCUT2D eigenvalue weighted by atomic mass is 9.98. The molecule has 1 fully saturated rings. The predicted molar refractivity (Wildman–Crippen MR) is 113 cm³/mol. The molecular formula is C21H18BrN3O5. The highest BCUT2D eigenvalue weighted by Crippen LogP contribution is 2.40. The second-order valence-electron chi connectivity index (χ2n) is 6.63. The SMILES string of the molecule is CCOC(=O)C1=NN(c2ccc(Br)cc2)[C@H]2C(=O)N(c3ccccc3OC)C(=O)[C@H]12. The van der Waals surface area contributed by atoms with Crippen molar-refractivity contribution in [2.45, 2.75) is 13.0 Å². The minimum Gasteiger partial charge on any atom is -0.495 e. The topological polar surface area (TPSA) is 88.5 Å². The van der Waals surface area contributed by atoms with Crippen LogP contribution in [-0.4, -0.2) is 43.3 Å². The molecule has 0 saturated carbocycles. The number of carbonyl (C=O) groups is 3. The van der Waals surface area contributed by atoms with Gasteiger partial charge in [-0.25, -0.2) is 9.69 Å². The van der Waals surface area contributed by atoms with Gasteiger partial charge in [0.1, 0.15) is 17.7 Å². The predicted octanol–water partition coefficient (Wildman–Crippen LogP) is 2.76. The number of nitrogens with zero attached hydrogens (tertiary/aromatic N) is 3. The highest BCUT2D eigenvalue weighted by atomic mass is 79.9. The number of hydrogen-bond donors (Lipinski definition) is 0. The van der Waals surface area contributed by atoms with Gasteiger partial charge in [-0.3, -0.25) is 14.6 Å². The van der Waals surface area contributed by atoms with Crippen molar-refractivity contribution in [3.63, 3.8) is 0 Å². The zero-order chi connectivity index (χ0) is 21.4. The largest absolute Gasteiger partial charge is 0.495 e. The zero-order valence-electron chi connectivity index (χ0n) is 16.2. The number of esters is 1. The van der Waals surface area contributed by atoms with Gasteiger partial charge in [-0.15, -0.1) is 0 Å². The van der Waals surface area contributed by atoms with Crippen molar-refractivity contribution in [2.75, 3.05) is 23.6 Å². The monoisotopic (exact) mass is 471 g/mol. The molecule has 2 aromatic carbocycles. The number of halogens is 1. The van der Waals surface area contributed by atoms with E-state index in [-0.39, 0.29) is 12.3 Å². The number of benzene rings is 2. The number of ether oxygens (including phenoxy) is 2. The third kappa shape index (κ3) is 3.15. The van der Waals surface area contributed by atoms with E-state index >= 15 is 0 Å². The summed E-state index contributed by atoms with van der Waals surface area (Å²) in [6.07, 6.45) is 0. The van der Waals surface area contributed by atoms with E-state index in [1.165, 1.54) is 12.1 Å². The molecule has 9 heteroatoms. The molecule has 1 saturated heterocycles. The van der Waals surface area contributed by atoms with Gasteiger partial charge < -0.3 is 9.47 Å². The standard InChI is InChI=1S/C21H18BrN3O5/c1-3-30-21(28)17-16-18(25(23-17)13-10-8-12(22)9-11-13)20(27)24(19(16)26)14-6-4-5-7-15(14)29-2/h4-11,16,18H,3H2,1-2H3/t16-,18-/m1/s1. The molecule has 0 radical (unpaired) electrons. The first-order valence-electron chi connectivity index (χ1n) is 9.29. The molecule has 30 heavy (non-hydrogen) atoms. The number of carbonyl (C=O) groups excluding carboxylic acids is 3. The maximum Gasteiger partial charge on any atom is 0.355 e. The van der Waals surface area contributed by atoms with Gasteiger partial charge >= 0.3 is 5.97 Å². The molecule has 0 N–H and O–H groups in total. The van der Waals surface area contributed by atoms with E-state index in [1.807, 2.05) is 0 Å². The second kappa shape index (κ2) is 7.91. The Hall–Kier alpha value is -3.20. The molecule has 4 rings (SSSR count). The molecule has 2 aliphatic rings. The fourth-order valence-electron chi connectivity index (χ4n) is 3.65. The summed E-state index contributed by atoms with van der Waals surface area (Å²) >= 11 is 3.37. The second-order valence-corrected chi connectivity index (χ2v) is 7.55. The maximum atomic E-state index is 13.4. The molecule has 8 nitrogen and oxygen atoms in total. The van der Waals surface area contributed by atoms with E-state index < -0.39 is 29.7 Å². The van der Waals surface area contributed by atoms with Gasteiger partial charge in [-0.05, 0) is 43.3 Å². The van der Waals surface area contributed by atoms with E-state index in [1.54, 1.807) is 55.5 Å². The van der Waals surface area contributed by atoms with E-state index in [4.69, 9.17) is 9.47 Å². The maximum absolute atomic E-state index is 13.4. The number of imide groups is 1. The van der Waals surface area contributed by atoms with E-state index in [2.05, 4.69) is 21.0 Å². The summed E-state index contributed by atoms with van der Waals surface area (Å²) in [4.78, 5) is 40.4. The van der Waals surface area contributed by atoms with Crippen molar-refractivity contribution in [1.82, 2.24) is 0 Å². The van der Waals surface area contributed by atoms with Gasteiger partial charge in [0, 0.05) is 4.47 Å². The third-order valence-corrected chi connectivity index (χ3v) is 5.48. The molecule has 154 valence electrons. The smallest absolute Gasteiger partial charge is 0.355 e. The summed E-state index contributed by atoms with van der Waals surface area (Å²) in [6, 6.07) is 12.8. The molecule has 2 atom stereocenters. The van der Waals surface area contributed by atoms with Crippen LogP contribution in [0.2, 0.25) is 0 Å². The Labute approximate surface area is 181 Å². The van der Waals surface area contributed by atoms with Gasteiger partial charge in [0.05, 0.1) is 25.1 Å². The Balaban J connectivity index is 1.81. The molecule has 0 spiro atoms. The normalized spacial score (nSPS) is 20.3. The number of fused-ring (bicyclic) bond motifs is 1. The first kappa shape index (κ1) is 20.1.